The first-order valence-corrected chi connectivity index (χ1v) is 10.4. The van der Waals surface area contributed by atoms with E-state index in [0.29, 0.717) is 12.3 Å². The fraction of sp³-hybridized carbons (Fsp3) is 0.458. The number of piperidine rings is 1. The Morgan fingerprint density at radius 2 is 1.97 bits per heavy atom. The Hall–Kier alpha value is -2.40. The summed E-state index contributed by atoms with van der Waals surface area (Å²) in [5.41, 5.74) is 1.78. The summed E-state index contributed by atoms with van der Waals surface area (Å²) < 4.78 is 19.0. The molecule has 2 aromatic carbocycles. The topological polar surface area (TPSA) is 32.8 Å². The number of ether oxygens (including phenoxy) is 1. The minimum absolute atomic E-state index is 0.120. The zero-order chi connectivity index (χ0) is 20.6. The highest BCUT2D eigenvalue weighted by Gasteiger charge is 2.23. The Bertz CT molecular complexity index is 794. The van der Waals surface area contributed by atoms with Crippen molar-refractivity contribution >= 4 is 5.91 Å². The molecule has 5 heteroatoms. The molecule has 0 N–H and O–H groups in total. The van der Waals surface area contributed by atoms with Crippen LogP contribution < -0.4 is 4.74 Å². The van der Waals surface area contributed by atoms with E-state index in [-0.39, 0.29) is 11.7 Å². The molecule has 0 spiro atoms. The van der Waals surface area contributed by atoms with Crippen LogP contribution in [0.5, 0.6) is 5.75 Å². The molecule has 0 bridgehead atoms. The number of hydrogen-bond acceptors (Lipinski definition) is 3. The number of likely N-dealkylation sites (tertiary alicyclic amines) is 1. The Morgan fingerprint density at radius 1 is 1.21 bits per heavy atom. The number of likely N-dealkylation sites (N-methyl/N-ethyl adjacent to an activating group) is 1. The minimum Gasteiger partial charge on any atom is -0.497 e. The maximum Gasteiger partial charge on any atom is 0.226 e. The molecule has 4 nitrogen and oxygen atoms in total. The summed E-state index contributed by atoms with van der Waals surface area (Å²) in [5.74, 6) is 1.28. The Kier molecular flexibility index (Phi) is 7.64. The van der Waals surface area contributed by atoms with E-state index in [1.165, 1.54) is 6.07 Å². The lowest BCUT2D eigenvalue weighted by Gasteiger charge is -2.34. The van der Waals surface area contributed by atoms with Gasteiger partial charge in [0.05, 0.1) is 13.5 Å². The van der Waals surface area contributed by atoms with E-state index in [2.05, 4.69) is 4.90 Å². The third-order valence-electron chi connectivity index (χ3n) is 5.73. The molecule has 2 aromatic rings. The highest BCUT2D eigenvalue weighted by atomic mass is 19.1. The summed E-state index contributed by atoms with van der Waals surface area (Å²) in [7, 11) is 3.53. The first kappa shape index (κ1) is 21.3. The second-order valence-corrected chi connectivity index (χ2v) is 7.95. The molecule has 1 aliphatic heterocycles. The number of rotatable bonds is 8. The van der Waals surface area contributed by atoms with E-state index < -0.39 is 0 Å². The van der Waals surface area contributed by atoms with Crippen LogP contribution in [0.3, 0.4) is 0 Å². The predicted molar refractivity (Wildman–Crippen MR) is 114 cm³/mol. The number of carbonyl (C=O) groups is 1. The quantitative estimate of drug-likeness (QED) is 0.678. The van der Waals surface area contributed by atoms with Crippen molar-refractivity contribution in [3.05, 3.63) is 65.5 Å². The first-order chi connectivity index (χ1) is 14.0. The molecular formula is C24H31FN2O2. The molecular weight excluding hydrogens is 367 g/mol. The van der Waals surface area contributed by atoms with Gasteiger partial charge in [0.1, 0.15) is 11.6 Å². The second kappa shape index (κ2) is 10.4. The number of hydrogen-bond donors (Lipinski definition) is 0. The normalized spacial score (nSPS) is 17.1. The maximum absolute atomic E-state index is 13.8. The van der Waals surface area contributed by atoms with E-state index in [1.54, 1.807) is 13.2 Å². The van der Waals surface area contributed by atoms with Crippen molar-refractivity contribution in [2.45, 2.75) is 25.7 Å². The monoisotopic (exact) mass is 398 g/mol. The summed E-state index contributed by atoms with van der Waals surface area (Å²) in [6.07, 6.45) is 3.40. The van der Waals surface area contributed by atoms with Gasteiger partial charge in [-0.15, -0.1) is 0 Å². The Balaban J connectivity index is 1.46. The average molecular weight is 399 g/mol. The van der Waals surface area contributed by atoms with E-state index in [1.807, 2.05) is 48.3 Å². The maximum atomic E-state index is 13.8. The molecule has 3 rings (SSSR count). The van der Waals surface area contributed by atoms with Gasteiger partial charge in [-0.2, -0.15) is 0 Å². The van der Waals surface area contributed by atoms with Crippen molar-refractivity contribution in [2.24, 2.45) is 5.92 Å². The zero-order valence-electron chi connectivity index (χ0n) is 17.4. The summed E-state index contributed by atoms with van der Waals surface area (Å²) in [4.78, 5) is 16.9. The molecule has 0 saturated carbocycles. The Morgan fingerprint density at radius 3 is 2.69 bits per heavy atom. The zero-order valence-corrected chi connectivity index (χ0v) is 17.4. The van der Waals surface area contributed by atoms with Crippen LogP contribution in [0, 0.1) is 11.7 Å². The largest absolute Gasteiger partial charge is 0.497 e. The van der Waals surface area contributed by atoms with E-state index in [9.17, 15) is 9.18 Å². The molecule has 0 radical (unpaired) electrons. The van der Waals surface area contributed by atoms with E-state index >= 15 is 0 Å². The van der Waals surface area contributed by atoms with Crippen molar-refractivity contribution in [3.8, 4) is 5.75 Å². The van der Waals surface area contributed by atoms with Gasteiger partial charge in [-0.1, -0.05) is 30.3 Å². The Labute approximate surface area is 173 Å². The number of amides is 1. The molecule has 1 atom stereocenters. The molecule has 0 aromatic heterocycles. The van der Waals surface area contributed by atoms with E-state index in [0.717, 1.165) is 62.3 Å². The molecule has 1 amide bonds. The van der Waals surface area contributed by atoms with Crippen molar-refractivity contribution in [2.75, 3.05) is 40.3 Å². The van der Waals surface area contributed by atoms with Crippen LogP contribution in [0.15, 0.2) is 48.5 Å². The third-order valence-corrected chi connectivity index (χ3v) is 5.73. The van der Waals surface area contributed by atoms with Crippen LogP contribution in [-0.4, -0.2) is 56.0 Å². The van der Waals surface area contributed by atoms with Gasteiger partial charge in [0.2, 0.25) is 5.91 Å². The molecule has 1 aliphatic rings. The average Bonchev–Trinajstić information content (AvgIpc) is 2.74. The summed E-state index contributed by atoms with van der Waals surface area (Å²) in [6, 6.07) is 14.7. The van der Waals surface area contributed by atoms with Gasteiger partial charge < -0.3 is 14.5 Å². The van der Waals surface area contributed by atoms with Crippen molar-refractivity contribution in [1.29, 1.82) is 0 Å². The van der Waals surface area contributed by atoms with Gasteiger partial charge in [0, 0.05) is 26.7 Å². The molecule has 0 unspecified atom stereocenters. The van der Waals surface area contributed by atoms with Gasteiger partial charge in [-0.25, -0.2) is 4.39 Å². The fourth-order valence-corrected chi connectivity index (χ4v) is 4.03. The number of nitrogens with zero attached hydrogens (tertiary/aromatic N) is 2. The van der Waals surface area contributed by atoms with Crippen LogP contribution in [-0.2, 0) is 17.6 Å². The standard InChI is InChI=1S/C24H31FN2O2/c1-26(24(28)16-19-9-11-22(29-2)12-10-19)17-20-6-5-14-27(18-20)15-13-21-7-3-4-8-23(21)25/h3-4,7-12,20H,5-6,13-18H2,1-2H3/t20-/m0/s1. The highest BCUT2D eigenvalue weighted by molar-refractivity contribution is 5.78. The predicted octanol–water partition coefficient (Wildman–Crippen LogP) is 3.79. The van der Waals surface area contributed by atoms with Crippen molar-refractivity contribution < 1.29 is 13.9 Å². The summed E-state index contributed by atoms with van der Waals surface area (Å²) in [5, 5.41) is 0. The number of halogens is 1. The van der Waals surface area contributed by atoms with Crippen LogP contribution in [0.1, 0.15) is 24.0 Å². The first-order valence-electron chi connectivity index (χ1n) is 10.4. The molecule has 1 fully saturated rings. The van der Waals surface area contributed by atoms with Crippen molar-refractivity contribution in [1.82, 2.24) is 9.80 Å². The summed E-state index contributed by atoms with van der Waals surface area (Å²) >= 11 is 0. The highest BCUT2D eigenvalue weighted by Crippen LogP contribution is 2.19. The molecule has 1 saturated heterocycles. The molecule has 156 valence electrons. The van der Waals surface area contributed by atoms with Gasteiger partial charge >= 0.3 is 0 Å². The van der Waals surface area contributed by atoms with E-state index in [4.69, 9.17) is 4.74 Å². The number of methoxy groups -OCH3 is 1. The lowest BCUT2D eigenvalue weighted by atomic mass is 9.96. The van der Waals surface area contributed by atoms with Crippen LogP contribution in [0.2, 0.25) is 0 Å². The van der Waals surface area contributed by atoms with Gasteiger partial charge in [-0.05, 0) is 61.1 Å². The molecule has 29 heavy (non-hydrogen) atoms. The smallest absolute Gasteiger partial charge is 0.226 e. The molecule has 1 heterocycles. The number of benzene rings is 2. The lowest BCUT2D eigenvalue weighted by Crippen LogP contribution is -2.42. The van der Waals surface area contributed by atoms with Gasteiger partial charge in [0.15, 0.2) is 0 Å². The fourth-order valence-electron chi connectivity index (χ4n) is 4.03. The SMILES string of the molecule is COc1ccc(CC(=O)N(C)C[C@@H]2CCCN(CCc3ccccc3F)C2)cc1. The second-order valence-electron chi connectivity index (χ2n) is 7.95. The van der Waals surface area contributed by atoms with Crippen LogP contribution in [0.25, 0.3) is 0 Å². The van der Waals surface area contributed by atoms with Crippen LogP contribution in [0.4, 0.5) is 4.39 Å². The molecule has 0 aliphatic carbocycles. The van der Waals surface area contributed by atoms with Gasteiger partial charge in [0.25, 0.3) is 0 Å². The van der Waals surface area contributed by atoms with Crippen LogP contribution >= 0.6 is 0 Å². The number of carbonyl (C=O) groups excluding carboxylic acids is 1. The van der Waals surface area contributed by atoms with Crippen molar-refractivity contribution in [3.63, 3.8) is 0 Å². The third kappa shape index (κ3) is 6.29. The lowest BCUT2D eigenvalue weighted by molar-refractivity contribution is -0.130. The van der Waals surface area contributed by atoms with Gasteiger partial charge in [-0.3, -0.25) is 4.79 Å². The minimum atomic E-state index is -0.120. The summed E-state index contributed by atoms with van der Waals surface area (Å²) in [6.45, 7) is 3.65.